The Bertz CT molecular complexity index is 854. The molecule has 2 fully saturated rings. The van der Waals surface area contributed by atoms with Gasteiger partial charge < -0.3 is 9.32 Å². The number of benzene rings is 1. The fraction of sp³-hybridized carbons (Fsp3) is 0.500. The van der Waals surface area contributed by atoms with E-state index in [4.69, 9.17) is 4.42 Å². The van der Waals surface area contributed by atoms with Gasteiger partial charge in [0.25, 0.3) is 5.91 Å². The lowest BCUT2D eigenvalue weighted by Gasteiger charge is -2.40. The number of hydrogen-bond donors (Lipinski definition) is 0. The van der Waals surface area contributed by atoms with Crippen LogP contribution in [0.3, 0.4) is 0 Å². The summed E-state index contributed by atoms with van der Waals surface area (Å²) in [5, 5.41) is 0. The van der Waals surface area contributed by atoms with Crippen molar-refractivity contribution in [1.29, 1.82) is 0 Å². The van der Waals surface area contributed by atoms with Crippen LogP contribution in [0.15, 0.2) is 29.0 Å². The largest absolute Gasteiger partial charge is 0.448 e. The lowest BCUT2D eigenvalue weighted by atomic mass is 9.79. The standard InChI is InChI=1S/C20H23F2N3O2/c1-14-18(23-13-27-14)19(26)25-9-7-20(12-25)6-3-8-24(11-20)10-15-4-2-5-16(21)17(15)22/h2,4-5,13H,3,6-12H2,1H3. The summed E-state index contributed by atoms with van der Waals surface area (Å²) in [6.07, 6.45) is 4.24. The van der Waals surface area contributed by atoms with Gasteiger partial charge in [0.2, 0.25) is 0 Å². The molecule has 2 aromatic rings. The van der Waals surface area contributed by atoms with Crippen LogP contribution in [0.4, 0.5) is 8.78 Å². The van der Waals surface area contributed by atoms with Crippen LogP contribution in [-0.4, -0.2) is 46.9 Å². The molecule has 0 bridgehead atoms. The molecule has 2 saturated heterocycles. The number of aromatic nitrogens is 1. The average molecular weight is 375 g/mol. The molecule has 0 N–H and O–H groups in total. The highest BCUT2D eigenvalue weighted by molar-refractivity contribution is 5.93. The maximum Gasteiger partial charge on any atom is 0.276 e. The lowest BCUT2D eigenvalue weighted by molar-refractivity contribution is 0.0667. The van der Waals surface area contributed by atoms with Crippen LogP contribution in [-0.2, 0) is 6.54 Å². The monoisotopic (exact) mass is 375 g/mol. The molecule has 2 aliphatic rings. The van der Waals surface area contributed by atoms with Crippen molar-refractivity contribution in [2.75, 3.05) is 26.2 Å². The predicted octanol–water partition coefficient (Wildman–Crippen LogP) is 3.39. The van der Waals surface area contributed by atoms with Gasteiger partial charge in [0.05, 0.1) is 0 Å². The molecule has 5 nitrogen and oxygen atoms in total. The highest BCUT2D eigenvalue weighted by Crippen LogP contribution is 2.40. The first-order valence-corrected chi connectivity index (χ1v) is 9.32. The van der Waals surface area contributed by atoms with Crippen molar-refractivity contribution in [3.8, 4) is 0 Å². The second kappa shape index (κ2) is 7.03. The van der Waals surface area contributed by atoms with Gasteiger partial charge in [0.1, 0.15) is 5.76 Å². The SMILES string of the molecule is Cc1ocnc1C(=O)N1CCC2(CCCN(Cc3cccc(F)c3F)C2)C1. The van der Waals surface area contributed by atoms with Crippen molar-refractivity contribution in [3.63, 3.8) is 0 Å². The zero-order chi connectivity index (χ0) is 19.0. The molecule has 1 unspecified atom stereocenters. The zero-order valence-electron chi connectivity index (χ0n) is 15.4. The van der Waals surface area contributed by atoms with E-state index < -0.39 is 11.6 Å². The number of carbonyl (C=O) groups is 1. The van der Waals surface area contributed by atoms with Gasteiger partial charge in [-0.3, -0.25) is 9.69 Å². The van der Waals surface area contributed by atoms with E-state index in [-0.39, 0.29) is 11.3 Å². The summed E-state index contributed by atoms with van der Waals surface area (Å²) in [5.74, 6) is -1.12. The number of carbonyl (C=O) groups excluding carboxylic acids is 1. The van der Waals surface area contributed by atoms with E-state index in [1.54, 1.807) is 19.1 Å². The zero-order valence-corrected chi connectivity index (χ0v) is 15.4. The molecule has 1 aromatic carbocycles. The van der Waals surface area contributed by atoms with Gasteiger partial charge in [0, 0.05) is 37.2 Å². The van der Waals surface area contributed by atoms with Gasteiger partial charge in [0.15, 0.2) is 23.7 Å². The Kier molecular flexibility index (Phi) is 4.72. The van der Waals surface area contributed by atoms with Crippen molar-refractivity contribution in [1.82, 2.24) is 14.8 Å². The molecule has 1 spiro atoms. The quantitative estimate of drug-likeness (QED) is 0.825. The summed E-state index contributed by atoms with van der Waals surface area (Å²) in [6.45, 7) is 5.12. The van der Waals surface area contributed by atoms with E-state index in [0.717, 1.165) is 38.4 Å². The number of hydrogen-bond acceptors (Lipinski definition) is 4. The number of oxazole rings is 1. The first-order valence-electron chi connectivity index (χ1n) is 9.32. The lowest BCUT2D eigenvalue weighted by Crippen LogP contribution is -2.45. The molecule has 4 rings (SSSR count). The molecular formula is C20H23F2N3O2. The van der Waals surface area contributed by atoms with Crippen molar-refractivity contribution < 1.29 is 18.0 Å². The molecule has 0 aliphatic carbocycles. The highest BCUT2D eigenvalue weighted by Gasteiger charge is 2.43. The normalized spacial score (nSPS) is 23.3. The Labute approximate surface area is 157 Å². The second-order valence-electron chi connectivity index (χ2n) is 7.76. The fourth-order valence-corrected chi connectivity index (χ4v) is 4.46. The molecule has 2 aliphatic heterocycles. The number of nitrogens with zero attached hydrogens (tertiary/aromatic N) is 3. The van der Waals surface area contributed by atoms with E-state index in [1.807, 2.05) is 4.90 Å². The third kappa shape index (κ3) is 3.48. The first-order chi connectivity index (χ1) is 13.0. The molecule has 0 radical (unpaired) electrons. The summed E-state index contributed by atoms with van der Waals surface area (Å²) in [5.41, 5.74) is 0.771. The summed E-state index contributed by atoms with van der Waals surface area (Å²) < 4.78 is 32.7. The Morgan fingerprint density at radius 3 is 2.89 bits per heavy atom. The number of rotatable bonds is 3. The first kappa shape index (κ1) is 18.1. The average Bonchev–Trinajstić information content (AvgIpc) is 3.25. The number of aryl methyl sites for hydroxylation is 1. The number of amides is 1. The van der Waals surface area contributed by atoms with Gasteiger partial charge in [-0.2, -0.15) is 0 Å². The maximum atomic E-state index is 14.0. The fourth-order valence-electron chi connectivity index (χ4n) is 4.46. The van der Waals surface area contributed by atoms with Crippen LogP contribution in [0, 0.1) is 24.0 Å². The van der Waals surface area contributed by atoms with Crippen molar-refractivity contribution in [2.24, 2.45) is 5.41 Å². The Balaban J connectivity index is 1.44. The molecule has 1 amide bonds. The molecule has 27 heavy (non-hydrogen) atoms. The molecule has 3 heterocycles. The van der Waals surface area contributed by atoms with Crippen LogP contribution in [0.25, 0.3) is 0 Å². The Morgan fingerprint density at radius 1 is 1.26 bits per heavy atom. The van der Waals surface area contributed by atoms with Crippen molar-refractivity contribution in [2.45, 2.75) is 32.7 Å². The highest BCUT2D eigenvalue weighted by atomic mass is 19.2. The van der Waals surface area contributed by atoms with E-state index in [2.05, 4.69) is 9.88 Å². The Morgan fingerprint density at radius 2 is 2.11 bits per heavy atom. The third-order valence-corrected chi connectivity index (χ3v) is 5.84. The molecule has 7 heteroatoms. The van der Waals surface area contributed by atoms with Crippen molar-refractivity contribution >= 4 is 5.91 Å². The number of piperidine rings is 1. The van der Waals surface area contributed by atoms with E-state index >= 15 is 0 Å². The van der Waals surface area contributed by atoms with Gasteiger partial charge in [-0.1, -0.05) is 12.1 Å². The third-order valence-electron chi connectivity index (χ3n) is 5.84. The predicted molar refractivity (Wildman–Crippen MR) is 95.1 cm³/mol. The van der Waals surface area contributed by atoms with Gasteiger partial charge in [-0.25, -0.2) is 13.8 Å². The number of halogens is 2. The summed E-state index contributed by atoms with van der Waals surface area (Å²) in [4.78, 5) is 20.8. The van der Waals surface area contributed by atoms with Crippen LogP contribution >= 0.6 is 0 Å². The van der Waals surface area contributed by atoms with Gasteiger partial charge >= 0.3 is 0 Å². The van der Waals surface area contributed by atoms with Gasteiger partial charge in [-0.05, 0) is 38.8 Å². The van der Waals surface area contributed by atoms with Gasteiger partial charge in [-0.15, -0.1) is 0 Å². The second-order valence-corrected chi connectivity index (χ2v) is 7.76. The van der Waals surface area contributed by atoms with Crippen LogP contribution in [0.1, 0.15) is 41.1 Å². The van der Waals surface area contributed by atoms with Crippen LogP contribution in [0.2, 0.25) is 0 Å². The summed E-state index contributed by atoms with van der Waals surface area (Å²) in [6, 6.07) is 4.32. The molecule has 144 valence electrons. The maximum absolute atomic E-state index is 14.0. The summed E-state index contributed by atoms with van der Waals surface area (Å²) >= 11 is 0. The Hall–Kier alpha value is -2.28. The minimum Gasteiger partial charge on any atom is -0.448 e. The van der Waals surface area contributed by atoms with E-state index in [9.17, 15) is 13.6 Å². The van der Waals surface area contributed by atoms with E-state index in [0.29, 0.717) is 36.7 Å². The minimum atomic E-state index is -0.806. The molecule has 1 aromatic heterocycles. The molecule has 1 atom stereocenters. The topological polar surface area (TPSA) is 49.6 Å². The smallest absolute Gasteiger partial charge is 0.276 e. The van der Waals surface area contributed by atoms with Crippen LogP contribution in [0.5, 0.6) is 0 Å². The molecular weight excluding hydrogens is 352 g/mol. The van der Waals surface area contributed by atoms with E-state index in [1.165, 1.54) is 6.39 Å². The molecule has 0 saturated carbocycles. The van der Waals surface area contributed by atoms with Crippen molar-refractivity contribution in [3.05, 3.63) is 53.2 Å². The minimum absolute atomic E-state index is 0.00928. The summed E-state index contributed by atoms with van der Waals surface area (Å²) in [7, 11) is 0. The number of likely N-dealkylation sites (tertiary alicyclic amines) is 2. The van der Waals surface area contributed by atoms with Crippen LogP contribution < -0.4 is 0 Å².